The molecule has 28 heavy (non-hydrogen) atoms. The van der Waals surface area contributed by atoms with Gasteiger partial charge in [0.25, 0.3) is 0 Å². The van der Waals surface area contributed by atoms with Crippen LogP contribution in [0.25, 0.3) is 0 Å². The lowest BCUT2D eigenvalue weighted by Gasteiger charge is -2.20. The number of carbonyl (C=O) groups excluding carboxylic acids is 3. The lowest BCUT2D eigenvalue weighted by Crippen LogP contribution is -2.54. The summed E-state index contributed by atoms with van der Waals surface area (Å²) in [5, 5.41) is 27.9. The van der Waals surface area contributed by atoms with Crippen LogP contribution in [0.15, 0.2) is 12.5 Å². The number of hydrogen-bond donors (Lipinski definition) is 7. The fraction of sp³-hybridized carbons (Fsp3) is 0.562. The number of aliphatic hydroxyl groups excluding tert-OH is 1. The summed E-state index contributed by atoms with van der Waals surface area (Å²) < 4.78 is 0. The molecule has 0 spiro atoms. The standard InChI is InChI=1S/C16H24N6O6/c23-7-12(16(27)28)21-13(24)6-19-14(25)11(4-9-5-17-8-20-9)22-15(26)10-2-1-3-18-10/h5,8,10-12,18,23H,1-4,6-7H2,(H,17,20)(H,19,25)(H,21,24)(H,22,26)(H,27,28). The summed E-state index contributed by atoms with van der Waals surface area (Å²) in [6.07, 6.45) is 4.64. The molecule has 2 rings (SSSR count). The SMILES string of the molecule is O=C(CNC(=O)C(Cc1cnc[nH]1)NC(=O)C1CCCN1)NC(CO)C(=O)O. The smallest absolute Gasteiger partial charge is 0.328 e. The van der Waals surface area contributed by atoms with Gasteiger partial charge >= 0.3 is 5.97 Å². The number of carboxylic acids is 1. The van der Waals surface area contributed by atoms with Gasteiger partial charge in [0, 0.05) is 18.3 Å². The first-order valence-corrected chi connectivity index (χ1v) is 8.82. The van der Waals surface area contributed by atoms with Gasteiger partial charge < -0.3 is 36.5 Å². The van der Waals surface area contributed by atoms with Crippen molar-refractivity contribution in [3.8, 4) is 0 Å². The van der Waals surface area contributed by atoms with Crippen LogP contribution < -0.4 is 21.3 Å². The Kier molecular flexibility index (Phi) is 7.89. The molecule has 154 valence electrons. The van der Waals surface area contributed by atoms with E-state index in [1.54, 1.807) is 0 Å². The van der Waals surface area contributed by atoms with E-state index in [-0.39, 0.29) is 18.4 Å². The minimum Gasteiger partial charge on any atom is -0.480 e. The summed E-state index contributed by atoms with van der Waals surface area (Å²) >= 11 is 0. The first-order chi connectivity index (χ1) is 13.4. The summed E-state index contributed by atoms with van der Waals surface area (Å²) in [5.41, 5.74) is 0.621. The van der Waals surface area contributed by atoms with E-state index < -0.39 is 43.0 Å². The molecule has 0 aliphatic carbocycles. The van der Waals surface area contributed by atoms with Crippen molar-refractivity contribution in [1.82, 2.24) is 31.2 Å². The number of carbonyl (C=O) groups is 4. The van der Waals surface area contributed by atoms with Crippen LogP contribution in [-0.2, 0) is 25.6 Å². The number of aromatic nitrogens is 2. The molecule has 1 fully saturated rings. The number of nitrogens with one attached hydrogen (secondary N) is 5. The molecular formula is C16H24N6O6. The number of nitrogens with zero attached hydrogens (tertiary/aromatic N) is 1. The van der Waals surface area contributed by atoms with E-state index in [0.29, 0.717) is 12.1 Å². The summed E-state index contributed by atoms with van der Waals surface area (Å²) in [7, 11) is 0. The normalized spacial score (nSPS) is 18.1. The molecule has 3 unspecified atom stereocenters. The van der Waals surface area contributed by atoms with Crippen LogP contribution in [0.3, 0.4) is 0 Å². The van der Waals surface area contributed by atoms with E-state index in [1.165, 1.54) is 12.5 Å². The van der Waals surface area contributed by atoms with Gasteiger partial charge in [0.1, 0.15) is 12.1 Å². The molecule has 3 atom stereocenters. The van der Waals surface area contributed by atoms with Crippen molar-refractivity contribution in [3.05, 3.63) is 18.2 Å². The second-order valence-electron chi connectivity index (χ2n) is 6.35. The molecule has 0 aromatic carbocycles. The average molecular weight is 396 g/mol. The Hall–Kier alpha value is -2.99. The van der Waals surface area contributed by atoms with Crippen molar-refractivity contribution >= 4 is 23.7 Å². The maximum Gasteiger partial charge on any atom is 0.328 e. The molecule has 0 radical (unpaired) electrons. The number of aliphatic carboxylic acids is 1. The highest BCUT2D eigenvalue weighted by Gasteiger charge is 2.28. The second kappa shape index (κ2) is 10.4. The molecule has 0 saturated carbocycles. The third-order valence-corrected chi connectivity index (χ3v) is 4.23. The van der Waals surface area contributed by atoms with Crippen LogP contribution >= 0.6 is 0 Å². The number of amides is 3. The van der Waals surface area contributed by atoms with Gasteiger partial charge in [0.05, 0.1) is 25.5 Å². The molecule has 1 saturated heterocycles. The topological polar surface area (TPSA) is 186 Å². The van der Waals surface area contributed by atoms with Crippen molar-refractivity contribution in [1.29, 1.82) is 0 Å². The van der Waals surface area contributed by atoms with Crippen molar-refractivity contribution < 1.29 is 29.4 Å². The molecule has 1 aromatic heterocycles. The zero-order valence-corrected chi connectivity index (χ0v) is 15.1. The Morgan fingerprint density at radius 3 is 2.61 bits per heavy atom. The number of carboxylic acid groups (broad SMARTS) is 1. The highest BCUT2D eigenvalue weighted by atomic mass is 16.4. The number of hydrogen-bond acceptors (Lipinski definition) is 7. The van der Waals surface area contributed by atoms with Gasteiger partial charge in [-0.05, 0) is 19.4 Å². The molecule has 3 amide bonds. The van der Waals surface area contributed by atoms with Gasteiger partial charge in [0.15, 0.2) is 0 Å². The van der Waals surface area contributed by atoms with Crippen molar-refractivity contribution in [2.75, 3.05) is 19.7 Å². The number of aromatic amines is 1. The summed E-state index contributed by atoms with van der Waals surface area (Å²) in [4.78, 5) is 54.1. The van der Waals surface area contributed by atoms with E-state index in [9.17, 15) is 19.2 Å². The highest BCUT2D eigenvalue weighted by molar-refractivity contribution is 5.92. The predicted octanol–water partition coefficient (Wildman–Crippen LogP) is -3.13. The molecule has 12 heteroatoms. The summed E-state index contributed by atoms with van der Waals surface area (Å²) in [6.45, 7) is -0.549. The van der Waals surface area contributed by atoms with Crippen molar-refractivity contribution in [2.24, 2.45) is 0 Å². The van der Waals surface area contributed by atoms with Crippen molar-refractivity contribution in [2.45, 2.75) is 37.4 Å². The van der Waals surface area contributed by atoms with E-state index in [0.717, 1.165) is 13.0 Å². The van der Waals surface area contributed by atoms with Gasteiger partial charge in [-0.1, -0.05) is 0 Å². The molecule has 7 N–H and O–H groups in total. The zero-order valence-electron chi connectivity index (χ0n) is 15.1. The number of H-pyrrole nitrogens is 1. The van der Waals surface area contributed by atoms with Crippen LogP contribution in [0.5, 0.6) is 0 Å². The van der Waals surface area contributed by atoms with Gasteiger partial charge in [-0.15, -0.1) is 0 Å². The molecule has 1 aliphatic heterocycles. The van der Waals surface area contributed by atoms with Crippen LogP contribution in [0.2, 0.25) is 0 Å². The van der Waals surface area contributed by atoms with Gasteiger partial charge in [-0.3, -0.25) is 14.4 Å². The zero-order chi connectivity index (χ0) is 20.5. The Balaban J connectivity index is 1.93. The van der Waals surface area contributed by atoms with Crippen molar-refractivity contribution in [3.63, 3.8) is 0 Å². The number of aliphatic hydroxyl groups is 1. The first-order valence-electron chi connectivity index (χ1n) is 8.82. The Labute approximate surface area is 160 Å². The second-order valence-corrected chi connectivity index (χ2v) is 6.35. The molecule has 1 aromatic rings. The van der Waals surface area contributed by atoms with Crippen LogP contribution in [0, 0.1) is 0 Å². The largest absolute Gasteiger partial charge is 0.480 e. The molecule has 12 nitrogen and oxygen atoms in total. The maximum absolute atomic E-state index is 12.5. The number of rotatable bonds is 10. The lowest BCUT2D eigenvalue weighted by atomic mass is 10.1. The summed E-state index contributed by atoms with van der Waals surface area (Å²) in [5.74, 6) is -3.09. The monoisotopic (exact) mass is 396 g/mol. The predicted molar refractivity (Wildman–Crippen MR) is 94.9 cm³/mol. The third kappa shape index (κ3) is 6.32. The van der Waals surface area contributed by atoms with Crippen LogP contribution in [0.1, 0.15) is 18.5 Å². The first kappa shape index (κ1) is 21.3. The minimum atomic E-state index is -1.46. The molecule has 1 aliphatic rings. The van der Waals surface area contributed by atoms with Gasteiger partial charge in [-0.25, -0.2) is 9.78 Å². The quantitative estimate of drug-likeness (QED) is 0.216. The molecule has 2 heterocycles. The highest BCUT2D eigenvalue weighted by Crippen LogP contribution is 2.06. The van der Waals surface area contributed by atoms with Gasteiger partial charge in [0.2, 0.25) is 17.7 Å². The van der Waals surface area contributed by atoms with E-state index in [4.69, 9.17) is 10.2 Å². The molecule has 0 bridgehead atoms. The number of imidazole rings is 1. The Morgan fingerprint density at radius 1 is 1.25 bits per heavy atom. The Morgan fingerprint density at radius 2 is 2.04 bits per heavy atom. The average Bonchev–Trinajstić information content (AvgIpc) is 3.37. The lowest BCUT2D eigenvalue weighted by molar-refractivity contribution is -0.142. The third-order valence-electron chi connectivity index (χ3n) is 4.23. The van der Waals surface area contributed by atoms with Crippen LogP contribution in [0.4, 0.5) is 0 Å². The summed E-state index contributed by atoms with van der Waals surface area (Å²) in [6, 6.07) is -2.78. The maximum atomic E-state index is 12.5. The fourth-order valence-electron chi connectivity index (χ4n) is 2.73. The minimum absolute atomic E-state index is 0.139. The van der Waals surface area contributed by atoms with E-state index in [1.807, 2.05) is 0 Å². The molecular weight excluding hydrogens is 372 g/mol. The van der Waals surface area contributed by atoms with E-state index >= 15 is 0 Å². The van der Waals surface area contributed by atoms with Gasteiger partial charge in [-0.2, -0.15) is 0 Å². The Bertz CT molecular complexity index is 688. The fourth-order valence-corrected chi connectivity index (χ4v) is 2.73. The van der Waals surface area contributed by atoms with E-state index in [2.05, 4.69) is 31.2 Å². The van der Waals surface area contributed by atoms with Crippen LogP contribution in [-0.4, -0.2) is 81.7 Å².